The monoisotopic (exact) mass is 387 g/mol. The van der Waals surface area contributed by atoms with Gasteiger partial charge in [-0.2, -0.15) is 0 Å². The third-order valence-corrected chi connectivity index (χ3v) is 5.51. The predicted molar refractivity (Wildman–Crippen MR) is 115 cm³/mol. The minimum absolute atomic E-state index is 0.133. The van der Waals surface area contributed by atoms with Gasteiger partial charge in [-0.25, -0.2) is 0 Å². The first-order valence-corrected chi connectivity index (χ1v) is 10.1. The Bertz CT molecular complexity index is 1040. The minimum Gasteiger partial charge on any atom is -0.361 e. The molecule has 2 heterocycles. The van der Waals surface area contributed by atoms with Crippen LogP contribution < -0.4 is 5.32 Å². The van der Waals surface area contributed by atoms with Crippen LogP contribution in [-0.2, 0) is 4.79 Å². The highest BCUT2D eigenvalue weighted by molar-refractivity contribution is 6.06. The number of H-pyrrole nitrogens is 1. The maximum atomic E-state index is 13.3. The van der Waals surface area contributed by atoms with E-state index in [0.717, 1.165) is 29.3 Å². The zero-order valence-corrected chi connectivity index (χ0v) is 16.5. The first-order valence-electron chi connectivity index (χ1n) is 10.1. The van der Waals surface area contributed by atoms with E-state index in [1.807, 2.05) is 53.6 Å². The number of benzene rings is 2. The third-order valence-electron chi connectivity index (χ3n) is 5.51. The fourth-order valence-corrected chi connectivity index (χ4v) is 3.69. The molecule has 3 aromatic rings. The topological polar surface area (TPSA) is 65.2 Å². The number of amides is 2. The Morgan fingerprint density at radius 3 is 2.48 bits per heavy atom. The lowest BCUT2D eigenvalue weighted by Gasteiger charge is -2.31. The van der Waals surface area contributed by atoms with E-state index in [0.29, 0.717) is 30.3 Å². The number of carbonyl (C=O) groups excluding carboxylic acids is 2. The van der Waals surface area contributed by atoms with Gasteiger partial charge in [0.2, 0.25) is 0 Å². The summed E-state index contributed by atoms with van der Waals surface area (Å²) in [5, 5.41) is 3.87. The lowest BCUT2D eigenvalue weighted by Crippen LogP contribution is -2.42. The van der Waals surface area contributed by atoms with Gasteiger partial charge in [0.25, 0.3) is 11.8 Å². The first-order chi connectivity index (χ1) is 14.1. The highest BCUT2D eigenvalue weighted by Gasteiger charge is 2.24. The van der Waals surface area contributed by atoms with Gasteiger partial charge in [0.15, 0.2) is 0 Å². The van der Waals surface area contributed by atoms with Gasteiger partial charge in [0, 0.05) is 41.3 Å². The molecule has 2 N–H and O–H groups in total. The number of hydrogen-bond donors (Lipinski definition) is 2. The van der Waals surface area contributed by atoms with Crippen LogP contribution in [0.1, 0.15) is 35.7 Å². The van der Waals surface area contributed by atoms with Crippen molar-refractivity contribution >= 4 is 28.8 Å². The van der Waals surface area contributed by atoms with Crippen LogP contribution in [0.4, 0.5) is 0 Å². The highest BCUT2D eigenvalue weighted by Crippen LogP contribution is 2.22. The standard InChI is InChI=1S/C24H25N3O2/c1-17-11-13-27(14-12-17)24(29)22(26-23(28)18-7-3-2-4-8-18)15-19-16-25-21-10-6-5-9-20(19)21/h2-10,15-17,25H,11-14H2,1H3,(H,26,28)/b22-15-. The van der Waals surface area contributed by atoms with Crippen LogP contribution in [0.5, 0.6) is 0 Å². The molecule has 1 aliphatic heterocycles. The van der Waals surface area contributed by atoms with Crippen molar-refractivity contribution in [3.8, 4) is 0 Å². The predicted octanol–water partition coefficient (Wildman–Crippen LogP) is 4.20. The summed E-state index contributed by atoms with van der Waals surface area (Å²) in [6, 6.07) is 16.9. The SMILES string of the molecule is CC1CCN(C(=O)/C(=C/c2c[nH]c3ccccc23)NC(=O)c2ccccc2)CC1. The third kappa shape index (κ3) is 4.24. The average molecular weight is 387 g/mol. The quantitative estimate of drug-likeness (QED) is 0.659. The number of likely N-dealkylation sites (tertiary alicyclic amines) is 1. The molecule has 1 saturated heterocycles. The fraction of sp³-hybridized carbons (Fsp3) is 0.250. The lowest BCUT2D eigenvalue weighted by molar-refractivity contribution is -0.128. The number of aromatic nitrogens is 1. The second kappa shape index (κ2) is 8.35. The van der Waals surface area contributed by atoms with Crippen molar-refractivity contribution in [2.75, 3.05) is 13.1 Å². The van der Waals surface area contributed by atoms with Crippen LogP contribution in [0.25, 0.3) is 17.0 Å². The highest BCUT2D eigenvalue weighted by atomic mass is 16.2. The second-order valence-electron chi connectivity index (χ2n) is 7.64. The Morgan fingerprint density at radius 2 is 1.72 bits per heavy atom. The van der Waals surface area contributed by atoms with E-state index in [-0.39, 0.29) is 11.8 Å². The maximum Gasteiger partial charge on any atom is 0.270 e. The number of aromatic amines is 1. The molecule has 0 bridgehead atoms. The number of piperidine rings is 1. The Labute approximate surface area is 170 Å². The van der Waals surface area contributed by atoms with E-state index >= 15 is 0 Å². The molecule has 29 heavy (non-hydrogen) atoms. The lowest BCUT2D eigenvalue weighted by atomic mass is 9.99. The first kappa shape index (κ1) is 19.0. The smallest absolute Gasteiger partial charge is 0.270 e. The second-order valence-corrected chi connectivity index (χ2v) is 7.64. The molecule has 5 heteroatoms. The number of nitrogens with zero attached hydrogens (tertiary/aromatic N) is 1. The van der Waals surface area contributed by atoms with Gasteiger partial charge in [-0.1, -0.05) is 43.3 Å². The molecule has 2 aromatic carbocycles. The zero-order chi connectivity index (χ0) is 20.2. The van der Waals surface area contributed by atoms with Crippen molar-refractivity contribution in [3.63, 3.8) is 0 Å². The molecule has 1 aromatic heterocycles. The number of fused-ring (bicyclic) bond motifs is 1. The molecule has 0 aliphatic carbocycles. The Morgan fingerprint density at radius 1 is 1.03 bits per heavy atom. The van der Waals surface area contributed by atoms with Crippen molar-refractivity contribution in [2.45, 2.75) is 19.8 Å². The summed E-state index contributed by atoms with van der Waals surface area (Å²) in [6.07, 6.45) is 5.61. The summed E-state index contributed by atoms with van der Waals surface area (Å²) >= 11 is 0. The average Bonchev–Trinajstić information content (AvgIpc) is 3.17. The van der Waals surface area contributed by atoms with E-state index in [9.17, 15) is 9.59 Å². The number of nitrogens with one attached hydrogen (secondary N) is 2. The molecular weight excluding hydrogens is 362 g/mol. The van der Waals surface area contributed by atoms with Crippen LogP contribution in [0.15, 0.2) is 66.5 Å². The van der Waals surface area contributed by atoms with E-state index < -0.39 is 0 Å². The largest absolute Gasteiger partial charge is 0.361 e. The molecule has 1 fully saturated rings. The van der Waals surface area contributed by atoms with Gasteiger partial charge in [-0.3, -0.25) is 9.59 Å². The number of rotatable bonds is 4. The van der Waals surface area contributed by atoms with Gasteiger partial charge < -0.3 is 15.2 Å². The number of para-hydroxylation sites is 1. The molecule has 4 rings (SSSR count). The van der Waals surface area contributed by atoms with Gasteiger partial charge in [0.05, 0.1) is 0 Å². The van der Waals surface area contributed by atoms with Crippen molar-refractivity contribution in [3.05, 3.63) is 77.6 Å². The van der Waals surface area contributed by atoms with Crippen molar-refractivity contribution < 1.29 is 9.59 Å². The molecule has 0 spiro atoms. The fourth-order valence-electron chi connectivity index (χ4n) is 3.69. The van der Waals surface area contributed by atoms with E-state index in [1.54, 1.807) is 18.2 Å². The van der Waals surface area contributed by atoms with Crippen molar-refractivity contribution in [2.24, 2.45) is 5.92 Å². The Hall–Kier alpha value is -3.34. The summed E-state index contributed by atoms with van der Waals surface area (Å²) in [7, 11) is 0. The van der Waals surface area contributed by atoms with Crippen molar-refractivity contribution in [1.82, 2.24) is 15.2 Å². The molecule has 148 valence electrons. The normalized spacial score (nSPS) is 15.5. The molecule has 0 atom stereocenters. The van der Waals surface area contributed by atoms with Crippen LogP contribution in [0.2, 0.25) is 0 Å². The summed E-state index contributed by atoms with van der Waals surface area (Å²) in [6.45, 7) is 3.64. The molecule has 0 unspecified atom stereocenters. The Balaban J connectivity index is 1.66. The maximum absolute atomic E-state index is 13.3. The number of hydrogen-bond acceptors (Lipinski definition) is 2. The van der Waals surface area contributed by atoms with E-state index in [1.165, 1.54) is 0 Å². The van der Waals surface area contributed by atoms with Gasteiger partial charge in [0.1, 0.15) is 5.70 Å². The number of carbonyl (C=O) groups is 2. The van der Waals surface area contributed by atoms with Gasteiger partial charge in [-0.15, -0.1) is 0 Å². The Kier molecular flexibility index (Phi) is 5.47. The molecular formula is C24H25N3O2. The summed E-state index contributed by atoms with van der Waals surface area (Å²) in [4.78, 5) is 31.1. The molecule has 0 radical (unpaired) electrons. The van der Waals surface area contributed by atoms with E-state index in [4.69, 9.17) is 0 Å². The zero-order valence-electron chi connectivity index (χ0n) is 16.5. The summed E-state index contributed by atoms with van der Waals surface area (Å²) in [5.41, 5.74) is 2.70. The summed E-state index contributed by atoms with van der Waals surface area (Å²) < 4.78 is 0. The van der Waals surface area contributed by atoms with Crippen LogP contribution >= 0.6 is 0 Å². The van der Waals surface area contributed by atoms with Crippen LogP contribution in [-0.4, -0.2) is 34.8 Å². The van der Waals surface area contributed by atoms with E-state index in [2.05, 4.69) is 17.2 Å². The van der Waals surface area contributed by atoms with Crippen molar-refractivity contribution in [1.29, 1.82) is 0 Å². The van der Waals surface area contributed by atoms with Gasteiger partial charge >= 0.3 is 0 Å². The molecule has 2 amide bonds. The molecule has 1 aliphatic rings. The van der Waals surface area contributed by atoms with Crippen LogP contribution in [0, 0.1) is 5.92 Å². The van der Waals surface area contributed by atoms with Crippen LogP contribution in [0.3, 0.4) is 0 Å². The molecule has 5 nitrogen and oxygen atoms in total. The molecule has 0 saturated carbocycles. The minimum atomic E-state index is -0.282. The van der Waals surface area contributed by atoms with Gasteiger partial charge in [-0.05, 0) is 43.0 Å². The summed E-state index contributed by atoms with van der Waals surface area (Å²) in [5.74, 6) is 0.209.